The summed E-state index contributed by atoms with van der Waals surface area (Å²) in [5.74, 6) is 3.38. The van der Waals surface area contributed by atoms with Gasteiger partial charge in [0.25, 0.3) is 0 Å². The standard InChI is InChI=1S/C12H21N3O/c1-6(2)10(8(4)13)12-14-11(15-16-12)9-5-7(9)3/h6-10H,5,13H2,1-4H3. The minimum absolute atomic E-state index is 0.0462. The Morgan fingerprint density at radius 2 is 2.00 bits per heavy atom. The zero-order valence-electron chi connectivity index (χ0n) is 10.5. The molecule has 2 N–H and O–H groups in total. The third kappa shape index (κ3) is 2.12. The van der Waals surface area contributed by atoms with Gasteiger partial charge in [0.1, 0.15) is 0 Å². The first kappa shape index (κ1) is 11.6. The number of hydrogen-bond donors (Lipinski definition) is 1. The van der Waals surface area contributed by atoms with Gasteiger partial charge >= 0.3 is 0 Å². The lowest BCUT2D eigenvalue weighted by atomic mass is 9.90. The maximum absolute atomic E-state index is 5.97. The van der Waals surface area contributed by atoms with Crippen LogP contribution in [0.4, 0.5) is 0 Å². The van der Waals surface area contributed by atoms with Gasteiger partial charge in [0.15, 0.2) is 5.82 Å². The largest absolute Gasteiger partial charge is 0.339 e. The molecule has 1 aliphatic carbocycles. The maximum atomic E-state index is 5.97. The van der Waals surface area contributed by atoms with E-state index in [2.05, 4.69) is 30.9 Å². The van der Waals surface area contributed by atoms with Gasteiger partial charge in [-0.3, -0.25) is 0 Å². The fourth-order valence-electron chi connectivity index (χ4n) is 2.33. The van der Waals surface area contributed by atoms with Gasteiger partial charge in [0.2, 0.25) is 5.89 Å². The summed E-state index contributed by atoms with van der Waals surface area (Å²) in [5, 5.41) is 4.07. The normalized spacial score (nSPS) is 28.1. The van der Waals surface area contributed by atoms with Crippen molar-refractivity contribution < 1.29 is 4.52 Å². The van der Waals surface area contributed by atoms with Crippen LogP contribution in [0.2, 0.25) is 0 Å². The zero-order valence-corrected chi connectivity index (χ0v) is 10.5. The van der Waals surface area contributed by atoms with Gasteiger partial charge in [0.05, 0.1) is 5.92 Å². The Kier molecular flexibility index (Phi) is 3.02. The Labute approximate surface area is 96.6 Å². The summed E-state index contributed by atoms with van der Waals surface area (Å²) < 4.78 is 5.36. The van der Waals surface area contributed by atoms with Crippen molar-refractivity contribution in [2.75, 3.05) is 0 Å². The molecule has 16 heavy (non-hydrogen) atoms. The zero-order chi connectivity index (χ0) is 11.9. The van der Waals surface area contributed by atoms with Crippen molar-refractivity contribution in [1.82, 2.24) is 10.1 Å². The molecule has 0 aromatic carbocycles. The van der Waals surface area contributed by atoms with E-state index in [1.54, 1.807) is 0 Å². The Morgan fingerprint density at radius 3 is 2.44 bits per heavy atom. The second-order valence-corrected chi connectivity index (χ2v) is 5.44. The fraction of sp³-hybridized carbons (Fsp3) is 0.833. The molecule has 1 heterocycles. The van der Waals surface area contributed by atoms with E-state index in [1.807, 2.05) is 6.92 Å². The SMILES string of the molecule is CC(C)C(c1nc(C2CC2C)no1)C(C)N. The summed E-state index contributed by atoms with van der Waals surface area (Å²) in [4.78, 5) is 4.51. The van der Waals surface area contributed by atoms with Gasteiger partial charge in [0, 0.05) is 12.0 Å². The minimum Gasteiger partial charge on any atom is -0.339 e. The summed E-state index contributed by atoms with van der Waals surface area (Å²) >= 11 is 0. The molecule has 2 rings (SSSR count). The van der Waals surface area contributed by atoms with Crippen LogP contribution in [0.1, 0.15) is 57.7 Å². The predicted molar refractivity (Wildman–Crippen MR) is 62.0 cm³/mol. The van der Waals surface area contributed by atoms with Crippen LogP contribution >= 0.6 is 0 Å². The molecule has 1 fully saturated rings. The number of hydrogen-bond acceptors (Lipinski definition) is 4. The Morgan fingerprint density at radius 1 is 1.38 bits per heavy atom. The van der Waals surface area contributed by atoms with Gasteiger partial charge in [-0.15, -0.1) is 0 Å². The molecule has 0 bridgehead atoms. The molecule has 0 spiro atoms. The summed E-state index contributed by atoms with van der Waals surface area (Å²) in [7, 11) is 0. The highest BCUT2D eigenvalue weighted by Gasteiger charge is 2.39. The van der Waals surface area contributed by atoms with E-state index in [0.29, 0.717) is 23.6 Å². The van der Waals surface area contributed by atoms with Gasteiger partial charge in [-0.2, -0.15) is 4.98 Å². The summed E-state index contributed by atoms with van der Waals surface area (Å²) in [6.07, 6.45) is 1.18. The van der Waals surface area contributed by atoms with Crippen molar-refractivity contribution in [2.45, 2.75) is 52.0 Å². The van der Waals surface area contributed by atoms with Crippen LogP contribution < -0.4 is 5.73 Å². The van der Waals surface area contributed by atoms with Gasteiger partial charge < -0.3 is 10.3 Å². The van der Waals surface area contributed by atoms with E-state index in [0.717, 1.165) is 5.82 Å². The minimum atomic E-state index is 0.0462. The first-order valence-corrected chi connectivity index (χ1v) is 6.09. The topological polar surface area (TPSA) is 64.9 Å². The van der Waals surface area contributed by atoms with E-state index in [4.69, 9.17) is 10.3 Å². The molecular formula is C12H21N3O. The van der Waals surface area contributed by atoms with E-state index in [9.17, 15) is 0 Å². The highest BCUT2D eigenvalue weighted by atomic mass is 16.5. The molecule has 1 aromatic heterocycles. The van der Waals surface area contributed by atoms with Crippen molar-refractivity contribution in [1.29, 1.82) is 0 Å². The van der Waals surface area contributed by atoms with Crippen LogP contribution in [-0.2, 0) is 0 Å². The molecule has 4 heteroatoms. The fourth-order valence-corrected chi connectivity index (χ4v) is 2.33. The number of aromatic nitrogens is 2. The van der Waals surface area contributed by atoms with E-state index >= 15 is 0 Å². The summed E-state index contributed by atoms with van der Waals surface area (Å²) in [6, 6.07) is 0.0462. The molecule has 4 nitrogen and oxygen atoms in total. The maximum Gasteiger partial charge on any atom is 0.231 e. The molecular weight excluding hydrogens is 202 g/mol. The smallest absolute Gasteiger partial charge is 0.231 e. The monoisotopic (exact) mass is 223 g/mol. The van der Waals surface area contributed by atoms with Crippen molar-refractivity contribution in [2.24, 2.45) is 17.6 Å². The van der Waals surface area contributed by atoms with E-state index in [1.165, 1.54) is 6.42 Å². The van der Waals surface area contributed by atoms with Crippen molar-refractivity contribution in [3.63, 3.8) is 0 Å². The molecule has 4 unspecified atom stereocenters. The van der Waals surface area contributed by atoms with Crippen molar-refractivity contribution in [3.05, 3.63) is 11.7 Å². The van der Waals surface area contributed by atoms with Crippen molar-refractivity contribution >= 4 is 0 Å². The third-order valence-corrected chi connectivity index (χ3v) is 3.47. The van der Waals surface area contributed by atoms with Crippen LogP contribution in [0.5, 0.6) is 0 Å². The van der Waals surface area contributed by atoms with Crippen LogP contribution in [-0.4, -0.2) is 16.2 Å². The van der Waals surface area contributed by atoms with Gasteiger partial charge in [-0.05, 0) is 25.2 Å². The molecule has 1 saturated carbocycles. The molecule has 90 valence electrons. The van der Waals surface area contributed by atoms with E-state index in [-0.39, 0.29) is 12.0 Å². The number of nitrogens with two attached hydrogens (primary N) is 1. The molecule has 1 aliphatic rings. The molecule has 0 radical (unpaired) electrons. The highest BCUT2D eigenvalue weighted by Crippen LogP contribution is 2.45. The first-order valence-electron chi connectivity index (χ1n) is 6.09. The first-order chi connectivity index (χ1) is 7.50. The van der Waals surface area contributed by atoms with Gasteiger partial charge in [-0.25, -0.2) is 0 Å². The van der Waals surface area contributed by atoms with E-state index < -0.39 is 0 Å². The molecule has 0 aliphatic heterocycles. The van der Waals surface area contributed by atoms with Crippen LogP contribution in [0.3, 0.4) is 0 Å². The molecule has 0 amide bonds. The van der Waals surface area contributed by atoms with Crippen LogP contribution in [0, 0.1) is 11.8 Å². The number of nitrogens with zero attached hydrogens (tertiary/aromatic N) is 2. The lowest BCUT2D eigenvalue weighted by Gasteiger charge is -2.20. The lowest BCUT2D eigenvalue weighted by molar-refractivity contribution is 0.298. The average Bonchev–Trinajstić information content (AvgIpc) is 2.73. The Hall–Kier alpha value is -0.900. The summed E-state index contributed by atoms with van der Waals surface area (Å²) in [5.41, 5.74) is 5.97. The predicted octanol–water partition coefficient (Wildman–Crippen LogP) is 2.28. The molecule has 4 atom stereocenters. The quantitative estimate of drug-likeness (QED) is 0.850. The van der Waals surface area contributed by atoms with Crippen molar-refractivity contribution in [3.8, 4) is 0 Å². The number of rotatable bonds is 4. The average molecular weight is 223 g/mol. The lowest BCUT2D eigenvalue weighted by Crippen LogP contribution is -2.28. The summed E-state index contributed by atoms with van der Waals surface area (Å²) in [6.45, 7) is 8.48. The second kappa shape index (κ2) is 4.17. The molecule has 1 aromatic rings. The van der Waals surface area contributed by atoms with Gasteiger partial charge in [-0.1, -0.05) is 25.9 Å². The second-order valence-electron chi connectivity index (χ2n) is 5.44. The third-order valence-electron chi connectivity index (χ3n) is 3.47. The highest BCUT2D eigenvalue weighted by molar-refractivity contribution is 5.09. The van der Waals surface area contributed by atoms with Crippen LogP contribution in [0.15, 0.2) is 4.52 Å². The Bertz CT molecular complexity index is 351. The Balaban J connectivity index is 2.16. The van der Waals surface area contributed by atoms with Crippen LogP contribution in [0.25, 0.3) is 0 Å². The molecule has 0 saturated heterocycles.